The van der Waals surface area contributed by atoms with Crippen LogP contribution in [0.2, 0.25) is 0 Å². The Bertz CT molecular complexity index is 3280. The van der Waals surface area contributed by atoms with E-state index in [-0.39, 0.29) is 0 Å². The van der Waals surface area contributed by atoms with E-state index in [4.69, 9.17) is 0 Å². The molecule has 0 radical (unpaired) electrons. The van der Waals surface area contributed by atoms with Gasteiger partial charge in [-0.25, -0.2) is 0 Å². The van der Waals surface area contributed by atoms with Crippen molar-refractivity contribution in [2.75, 3.05) is 4.90 Å². The molecule has 0 spiro atoms. The summed E-state index contributed by atoms with van der Waals surface area (Å²) in [6.45, 7) is 4.62. The van der Waals surface area contributed by atoms with Crippen molar-refractivity contribution in [3.05, 3.63) is 205 Å². The van der Waals surface area contributed by atoms with Gasteiger partial charge in [0.15, 0.2) is 0 Å². The Labute approximate surface area is 350 Å². The number of allylic oxidation sites excluding steroid dienone is 2. The third-order valence-electron chi connectivity index (χ3n) is 12.9. The quantitative estimate of drug-likeness (QED) is 0.165. The average molecular weight is 773 g/mol. The smallest absolute Gasteiger partial charge is 0.0541 e. The number of hydrogen-bond donors (Lipinski definition) is 0. The highest BCUT2D eigenvalue weighted by Crippen LogP contribution is 2.41. The lowest BCUT2D eigenvalue weighted by Crippen LogP contribution is -2.11. The van der Waals surface area contributed by atoms with E-state index in [1.54, 1.807) is 0 Å². The van der Waals surface area contributed by atoms with Crippen LogP contribution in [0.1, 0.15) is 36.4 Å². The minimum Gasteiger partial charge on any atom is -0.313 e. The highest BCUT2D eigenvalue weighted by molar-refractivity contribution is 6.09. The fraction of sp³-hybridized carbons (Fsp3) is 0.107. The number of benzene rings is 7. The van der Waals surface area contributed by atoms with Crippen molar-refractivity contribution >= 4 is 72.8 Å². The van der Waals surface area contributed by atoms with Crippen molar-refractivity contribution in [3.8, 4) is 17.1 Å². The van der Waals surface area contributed by atoms with Gasteiger partial charge in [0.25, 0.3) is 0 Å². The molecule has 0 bridgehead atoms. The molecule has 4 heteroatoms. The first-order chi connectivity index (χ1) is 29.6. The molecular formula is C56H44N4. The van der Waals surface area contributed by atoms with Crippen molar-refractivity contribution in [1.29, 1.82) is 0 Å². The largest absolute Gasteiger partial charge is 0.313 e. The molecule has 3 heterocycles. The van der Waals surface area contributed by atoms with Crippen LogP contribution in [0.4, 0.5) is 17.1 Å². The SMILES string of the molecule is CC1C=Cc2c(c3ccccc3n2-c2ccc(N(c3ccc(-n4c5c(c6ccccc64)C=CC(C)C5)cc3)c3ccc(-n4c5ccccc5c5ccccc54)cc3)cc2)C1. The molecule has 2 aliphatic rings. The monoisotopic (exact) mass is 772 g/mol. The maximum atomic E-state index is 2.48. The van der Waals surface area contributed by atoms with Crippen LogP contribution in [-0.2, 0) is 12.8 Å². The van der Waals surface area contributed by atoms with E-state index >= 15 is 0 Å². The van der Waals surface area contributed by atoms with Crippen molar-refractivity contribution in [3.63, 3.8) is 0 Å². The topological polar surface area (TPSA) is 18.0 Å². The highest BCUT2D eigenvalue weighted by atomic mass is 15.1. The molecule has 2 atom stereocenters. The lowest BCUT2D eigenvalue weighted by Gasteiger charge is -2.27. The predicted octanol–water partition coefficient (Wildman–Crippen LogP) is 14.6. The molecule has 288 valence electrons. The van der Waals surface area contributed by atoms with Crippen LogP contribution in [0.5, 0.6) is 0 Å². The maximum absolute atomic E-state index is 2.48. The number of para-hydroxylation sites is 4. The molecule has 0 aliphatic heterocycles. The summed E-state index contributed by atoms with van der Waals surface area (Å²) >= 11 is 0. The first kappa shape index (κ1) is 34.7. The van der Waals surface area contributed by atoms with Gasteiger partial charge < -0.3 is 18.6 Å². The molecule has 0 saturated carbocycles. The van der Waals surface area contributed by atoms with E-state index in [0.717, 1.165) is 35.6 Å². The molecule has 2 aliphatic carbocycles. The van der Waals surface area contributed by atoms with Gasteiger partial charge in [-0.15, -0.1) is 0 Å². The Morgan fingerprint density at radius 1 is 0.400 bits per heavy atom. The Balaban J connectivity index is 0.983. The molecule has 0 fully saturated rings. The Kier molecular flexibility index (Phi) is 7.89. The molecule has 0 amide bonds. The number of hydrogen-bond acceptors (Lipinski definition) is 1. The third kappa shape index (κ3) is 5.37. The first-order valence-corrected chi connectivity index (χ1v) is 21.3. The van der Waals surface area contributed by atoms with Crippen molar-refractivity contribution in [2.45, 2.75) is 26.7 Å². The zero-order valence-corrected chi connectivity index (χ0v) is 33.8. The lowest BCUT2D eigenvalue weighted by molar-refractivity contribution is 0.690. The minimum absolute atomic E-state index is 0.499. The molecule has 7 aromatic carbocycles. The molecule has 4 nitrogen and oxygen atoms in total. The van der Waals surface area contributed by atoms with E-state index in [1.165, 1.54) is 77.5 Å². The molecule has 0 saturated heterocycles. The van der Waals surface area contributed by atoms with Crippen LogP contribution in [0.15, 0.2) is 182 Å². The van der Waals surface area contributed by atoms with Gasteiger partial charge in [0.05, 0.1) is 22.1 Å². The van der Waals surface area contributed by atoms with E-state index in [1.807, 2.05) is 0 Å². The second kappa shape index (κ2) is 13.6. The van der Waals surface area contributed by atoms with Crippen LogP contribution in [0, 0.1) is 11.8 Å². The lowest BCUT2D eigenvalue weighted by atomic mass is 9.93. The van der Waals surface area contributed by atoms with Crippen LogP contribution in [0.3, 0.4) is 0 Å². The van der Waals surface area contributed by atoms with E-state index < -0.39 is 0 Å². The molecule has 12 rings (SSSR count). The van der Waals surface area contributed by atoms with Crippen LogP contribution in [0.25, 0.3) is 72.8 Å². The Morgan fingerprint density at radius 2 is 0.817 bits per heavy atom. The normalized spacial score (nSPS) is 15.9. The van der Waals surface area contributed by atoms with E-state index in [0.29, 0.717) is 11.8 Å². The maximum Gasteiger partial charge on any atom is 0.0541 e. The first-order valence-electron chi connectivity index (χ1n) is 21.3. The molecule has 10 aromatic rings. The minimum atomic E-state index is 0.499. The van der Waals surface area contributed by atoms with Crippen LogP contribution < -0.4 is 4.90 Å². The molecular weight excluding hydrogens is 729 g/mol. The Hall–Kier alpha value is -7.30. The van der Waals surface area contributed by atoms with Gasteiger partial charge in [0.1, 0.15) is 0 Å². The predicted molar refractivity (Wildman–Crippen MR) is 253 cm³/mol. The van der Waals surface area contributed by atoms with Gasteiger partial charge in [-0.1, -0.05) is 105 Å². The molecule has 2 unspecified atom stereocenters. The van der Waals surface area contributed by atoms with Gasteiger partial charge in [-0.3, -0.25) is 0 Å². The Morgan fingerprint density at radius 3 is 1.38 bits per heavy atom. The second-order valence-electron chi connectivity index (χ2n) is 16.8. The van der Waals surface area contributed by atoms with Crippen molar-refractivity contribution in [2.24, 2.45) is 11.8 Å². The summed E-state index contributed by atoms with van der Waals surface area (Å²) < 4.78 is 7.30. The molecule has 0 N–H and O–H groups in total. The summed E-state index contributed by atoms with van der Waals surface area (Å²) in [6, 6.07) is 62.5. The van der Waals surface area contributed by atoms with Gasteiger partial charge >= 0.3 is 0 Å². The molecule has 3 aromatic heterocycles. The van der Waals surface area contributed by atoms with Gasteiger partial charge in [0.2, 0.25) is 0 Å². The fourth-order valence-corrected chi connectivity index (χ4v) is 10.2. The number of aromatic nitrogens is 3. The zero-order valence-electron chi connectivity index (χ0n) is 33.8. The second-order valence-corrected chi connectivity index (χ2v) is 16.8. The van der Waals surface area contributed by atoms with E-state index in [9.17, 15) is 0 Å². The molecule has 60 heavy (non-hydrogen) atoms. The summed E-state index contributed by atoms with van der Waals surface area (Å²) in [7, 11) is 0. The summed E-state index contributed by atoms with van der Waals surface area (Å²) in [6.07, 6.45) is 11.4. The summed E-state index contributed by atoms with van der Waals surface area (Å²) in [5.74, 6) is 1.03. The van der Waals surface area contributed by atoms with Crippen molar-refractivity contribution in [1.82, 2.24) is 13.7 Å². The highest BCUT2D eigenvalue weighted by Gasteiger charge is 2.23. The number of fused-ring (bicyclic) bond motifs is 9. The van der Waals surface area contributed by atoms with E-state index in [2.05, 4.69) is 227 Å². The number of anilines is 3. The van der Waals surface area contributed by atoms with Crippen LogP contribution in [-0.4, -0.2) is 13.7 Å². The van der Waals surface area contributed by atoms with Crippen LogP contribution >= 0.6 is 0 Å². The summed E-state index contributed by atoms with van der Waals surface area (Å²) in [5.41, 5.74) is 17.2. The summed E-state index contributed by atoms with van der Waals surface area (Å²) in [5, 5.41) is 5.19. The summed E-state index contributed by atoms with van der Waals surface area (Å²) in [4.78, 5) is 2.39. The third-order valence-corrected chi connectivity index (χ3v) is 12.9. The fourth-order valence-electron chi connectivity index (χ4n) is 10.2. The van der Waals surface area contributed by atoms with Gasteiger partial charge in [-0.05, 0) is 133 Å². The van der Waals surface area contributed by atoms with Gasteiger partial charge in [0, 0.05) is 72.6 Å². The standard InChI is InChI=1S/C56H44N4/c1-37-20-34-55-50(35-37)48-14-6-10-18-54(48)59(55)43-29-23-40(24-30-43)57(39-21-27-42(28-22-39)58-51-15-7-3-11-45(51)46-12-4-8-16-52(46)58)41-25-31-44(32-26-41)60-53-17-9-5-13-47(53)49-33-19-38(2)36-56(49)60/h3-34,37-38H,35-36H2,1-2H3. The van der Waals surface area contributed by atoms with Crippen molar-refractivity contribution < 1.29 is 0 Å². The number of rotatable bonds is 6. The average Bonchev–Trinajstić information content (AvgIpc) is 3.92. The zero-order chi connectivity index (χ0) is 39.9. The van der Waals surface area contributed by atoms with Gasteiger partial charge in [-0.2, -0.15) is 0 Å². The number of nitrogens with zero attached hydrogens (tertiary/aromatic N) is 4.